The van der Waals surface area contributed by atoms with Crippen LogP contribution in [0, 0.1) is 5.92 Å². The van der Waals surface area contributed by atoms with Crippen LogP contribution in [0.4, 0.5) is 0 Å². The van der Waals surface area contributed by atoms with E-state index < -0.39 is 0 Å². The molecule has 1 atom stereocenters. The molecule has 0 saturated carbocycles. The highest BCUT2D eigenvalue weighted by atomic mass is 16.1. The second kappa shape index (κ2) is 23.6. The van der Waals surface area contributed by atoms with Gasteiger partial charge in [0.25, 0.3) is 0 Å². The Balaban J connectivity index is 3.48. The zero-order valence-corrected chi connectivity index (χ0v) is 20.0. The number of Topliss-reactive ketones (excluding diaryl/α,β-unsaturated/α-hetero) is 1. The van der Waals surface area contributed by atoms with Gasteiger partial charge < -0.3 is 4.79 Å². The molecular weight excluding hydrogens is 356 g/mol. The first-order valence-electron chi connectivity index (χ1n) is 13.2. The number of carbonyl (C=O) groups excluding carboxylic acids is 2. The molecule has 0 saturated heterocycles. The molecule has 0 amide bonds. The second-order valence-electron chi connectivity index (χ2n) is 9.11. The second-order valence-corrected chi connectivity index (χ2v) is 9.11. The number of aldehydes is 1. The van der Waals surface area contributed by atoms with Gasteiger partial charge in [-0.2, -0.15) is 0 Å². The van der Waals surface area contributed by atoms with E-state index in [1.807, 2.05) is 0 Å². The Hall–Kier alpha value is -0.660. The Labute approximate surface area is 183 Å². The number of rotatable bonds is 24. The fourth-order valence-corrected chi connectivity index (χ4v) is 4.13. The lowest BCUT2D eigenvalue weighted by Crippen LogP contribution is -2.15. The highest BCUT2D eigenvalue weighted by molar-refractivity contribution is 5.93. The van der Waals surface area contributed by atoms with E-state index in [0.29, 0.717) is 6.42 Å². The molecule has 0 aliphatic heterocycles. The van der Waals surface area contributed by atoms with Gasteiger partial charge in [0.1, 0.15) is 12.1 Å². The highest BCUT2D eigenvalue weighted by Gasteiger charge is 2.16. The molecule has 0 spiro atoms. The third kappa shape index (κ3) is 20.4. The van der Waals surface area contributed by atoms with Crippen LogP contribution in [0.1, 0.15) is 155 Å². The molecule has 0 aromatic rings. The van der Waals surface area contributed by atoms with E-state index >= 15 is 0 Å². The van der Waals surface area contributed by atoms with Crippen LogP contribution < -0.4 is 0 Å². The summed E-state index contributed by atoms with van der Waals surface area (Å²) in [5, 5.41) is 0. The number of hydrogen-bond acceptors (Lipinski definition) is 2. The van der Waals surface area contributed by atoms with Crippen molar-refractivity contribution >= 4 is 12.1 Å². The molecule has 0 heterocycles. The van der Waals surface area contributed by atoms with Crippen molar-refractivity contribution in [3.05, 3.63) is 0 Å². The third-order valence-corrected chi connectivity index (χ3v) is 6.22. The summed E-state index contributed by atoms with van der Waals surface area (Å²) in [5.74, 6) is -0.141. The lowest BCUT2D eigenvalue weighted by atomic mass is 9.94. The molecule has 2 nitrogen and oxygen atoms in total. The summed E-state index contributed by atoms with van der Waals surface area (Å²) in [7, 11) is 0. The molecule has 29 heavy (non-hydrogen) atoms. The molecule has 2 heteroatoms. The lowest BCUT2D eigenvalue weighted by Gasteiger charge is -2.09. The van der Waals surface area contributed by atoms with Gasteiger partial charge in [0, 0.05) is 6.42 Å². The molecular formula is C27H52O2. The van der Waals surface area contributed by atoms with Gasteiger partial charge in [-0.1, -0.05) is 136 Å². The van der Waals surface area contributed by atoms with E-state index in [9.17, 15) is 9.59 Å². The van der Waals surface area contributed by atoms with Gasteiger partial charge in [0.05, 0.1) is 5.92 Å². The van der Waals surface area contributed by atoms with Crippen molar-refractivity contribution in [2.24, 2.45) is 5.92 Å². The first kappa shape index (κ1) is 28.3. The highest BCUT2D eigenvalue weighted by Crippen LogP contribution is 2.16. The van der Waals surface area contributed by atoms with Crippen molar-refractivity contribution in [2.45, 2.75) is 155 Å². The maximum absolute atomic E-state index is 12.3. The van der Waals surface area contributed by atoms with Crippen molar-refractivity contribution in [3.63, 3.8) is 0 Å². The molecule has 0 N–H and O–H groups in total. The van der Waals surface area contributed by atoms with E-state index in [-0.39, 0.29) is 11.7 Å². The van der Waals surface area contributed by atoms with Gasteiger partial charge in [-0.05, 0) is 12.8 Å². The number of hydrogen-bond donors (Lipinski definition) is 0. The molecule has 0 aliphatic carbocycles. The topological polar surface area (TPSA) is 34.1 Å². The van der Waals surface area contributed by atoms with E-state index in [2.05, 4.69) is 13.8 Å². The Morgan fingerprint density at radius 1 is 0.552 bits per heavy atom. The Kier molecular flexibility index (Phi) is 23.1. The number of ketones is 1. The minimum absolute atomic E-state index is 0.190. The van der Waals surface area contributed by atoms with E-state index in [1.165, 1.54) is 109 Å². The zero-order chi connectivity index (χ0) is 21.4. The molecule has 0 aromatic heterocycles. The van der Waals surface area contributed by atoms with Crippen LogP contribution in [0.5, 0.6) is 0 Å². The van der Waals surface area contributed by atoms with Crippen molar-refractivity contribution < 1.29 is 9.59 Å². The standard InChI is InChI=1S/C27H52O2/c1-3-5-7-9-11-13-14-16-18-20-22-24-27(29)26(25-28)23-21-19-17-15-12-10-8-6-4-2/h25-26H,3-24H2,1-2H3. The number of carbonyl (C=O) groups is 2. The molecule has 0 rings (SSSR count). The average molecular weight is 409 g/mol. The van der Waals surface area contributed by atoms with Crippen molar-refractivity contribution in [3.8, 4) is 0 Å². The quantitative estimate of drug-likeness (QED) is 0.0906. The fraction of sp³-hybridized carbons (Fsp3) is 0.926. The van der Waals surface area contributed by atoms with Gasteiger partial charge >= 0.3 is 0 Å². The molecule has 172 valence electrons. The predicted octanol–water partition coefficient (Wildman–Crippen LogP) is 8.99. The maximum atomic E-state index is 12.3. The fourth-order valence-electron chi connectivity index (χ4n) is 4.13. The minimum atomic E-state index is -0.331. The molecule has 0 radical (unpaired) electrons. The monoisotopic (exact) mass is 408 g/mol. The first-order valence-corrected chi connectivity index (χ1v) is 13.2. The number of unbranched alkanes of at least 4 members (excludes halogenated alkanes) is 18. The van der Waals surface area contributed by atoms with Crippen molar-refractivity contribution in [1.29, 1.82) is 0 Å². The molecule has 0 bridgehead atoms. The van der Waals surface area contributed by atoms with Crippen LogP contribution in [0.2, 0.25) is 0 Å². The summed E-state index contributed by atoms with van der Waals surface area (Å²) in [6.45, 7) is 4.52. The van der Waals surface area contributed by atoms with Crippen LogP contribution in [0.3, 0.4) is 0 Å². The first-order chi connectivity index (χ1) is 14.3. The molecule has 1 unspecified atom stereocenters. The van der Waals surface area contributed by atoms with Crippen LogP contribution in [-0.4, -0.2) is 12.1 Å². The zero-order valence-electron chi connectivity index (χ0n) is 20.0. The lowest BCUT2D eigenvalue weighted by molar-refractivity contribution is -0.127. The van der Waals surface area contributed by atoms with Gasteiger partial charge in [0.15, 0.2) is 0 Å². The van der Waals surface area contributed by atoms with Crippen molar-refractivity contribution in [2.75, 3.05) is 0 Å². The molecule has 0 aromatic carbocycles. The van der Waals surface area contributed by atoms with Crippen LogP contribution in [-0.2, 0) is 9.59 Å². The average Bonchev–Trinajstić information content (AvgIpc) is 2.73. The largest absolute Gasteiger partial charge is 0.303 e. The summed E-state index contributed by atoms with van der Waals surface area (Å²) in [6, 6.07) is 0. The van der Waals surface area contributed by atoms with Crippen LogP contribution >= 0.6 is 0 Å². The van der Waals surface area contributed by atoms with E-state index in [0.717, 1.165) is 32.0 Å². The van der Waals surface area contributed by atoms with Gasteiger partial charge in [0.2, 0.25) is 0 Å². The van der Waals surface area contributed by atoms with Gasteiger partial charge in [-0.3, -0.25) is 4.79 Å². The Morgan fingerprint density at radius 3 is 1.28 bits per heavy atom. The SMILES string of the molecule is CCCCCCCCCCCCCC(=O)C(C=O)CCCCCCCCCCC. The predicted molar refractivity (Wildman–Crippen MR) is 127 cm³/mol. The Bertz CT molecular complexity index is 350. The maximum Gasteiger partial charge on any atom is 0.143 e. The van der Waals surface area contributed by atoms with Crippen LogP contribution in [0.25, 0.3) is 0 Å². The summed E-state index contributed by atoms with van der Waals surface area (Å²) in [5.41, 5.74) is 0. The Morgan fingerprint density at radius 2 is 0.897 bits per heavy atom. The summed E-state index contributed by atoms with van der Waals surface area (Å²) >= 11 is 0. The van der Waals surface area contributed by atoms with Gasteiger partial charge in [-0.25, -0.2) is 0 Å². The van der Waals surface area contributed by atoms with E-state index in [4.69, 9.17) is 0 Å². The minimum Gasteiger partial charge on any atom is -0.303 e. The smallest absolute Gasteiger partial charge is 0.143 e. The van der Waals surface area contributed by atoms with Crippen LogP contribution in [0.15, 0.2) is 0 Å². The van der Waals surface area contributed by atoms with E-state index in [1.54, 1.807) is 0 Å². The summed E-state index contributed by atoms with van der Waals surface area (Å²) in [6.07, 6.45) is 28.1. The van der Waals surface area contributed by atoms with Gasteiger partial charge in [-0.15, -0.1) is 0 Å². The summed E-state index contributed by atoms with van der Waals surface area (Å²) < 4.78 is 0. The van der Waals surface area contributed by atoms with Crippen molar-refractivity contribution in [1.82, 2.24) is 0 Å². The molecule has 0 fully saturated rings. The third-order valence-electron chi connectivity index (χ3n) is 6.22. The normalized spacial score (nSPS) is 12.2. The summed E-state index contributed by atoms with van der Waals surface area (Å²) in [4.78, 5) is 23.6. The molecule has 0 aliphatic rings.